The molecule has 2 aromatic carbocycles. The fourth-order valence-corrected chi connectivity index (χ4v) is 2.74. The van der Waals surface area contributed by atoms with Crippen molar-refractivity contribution in [3.8, 4) is 23.0 Å². The molecule has 0 aliphatic heterocycles. The molecule has 2 rings (SSSR count). The highest BCUT2D eigenvalue weighted by molar-refractivity contribution is 6.47. The van der Waals surface area contributed by atoms with Crippen molar-refractivity contribution in [1.82, 2.24) is 0 Å². The number of rotatable bonds is 8. The van der Waals surface area contributed by atoms with Gasteiger partial charge in [0.05, 0.1) is 38.7 Å². The quantitative estimate of drug-likeness (QED) is 0.413. The van der Waals surface area contributed by atoms with Crippen molar-refractivity contribution in [2.24, 2.45) is 0 Å². The first kappa shape index (κ1) is 20.5. The fourth-order valence-electron chi connectivity index (χ4n) is 2.51. The summed E-state index contributed by atoms with van der Waals surface area (Å²) in [5.74, 6) is 1.34. The largest absolute Gasteiger partial charge is 0.493 e. The summed E-state index contributed by atoms with van der Waals surface area (Å²) in [6.45, 7) is 2.39. The molecule has 0 aromatic heterocycles. The Morgan fingerprint density at radius 3 is 2.15 bits per heavy atom. The number of ether oxygens (including phenoxy) is 4. The normalized spacial score (nSPS) is 11.1. The van der Waals surface area contributed by atoms with Crippen molar-refractivity contribution in [3.05, 3.63) is 46.5 Å². The number of carbonyl (C=O) groups excluding carboxylic acids is 1. The molecule has 0 fully saturated rings. The minimum Gasteiger partial charge on any atom is -0.493 e. The van der Waals surface area contributed by atoms with Crippen LogP contribution in [0, 0.1) is 0 Å². The van der Waals surface area contributed by atoms with Gasteiger partial charge in [-0.25, -0.2) is 0 Å². The van der Waals surface area contributed by atoms with E-state index in [4.69, 9.17) is 36.3 Å². The zero-order valence-electron chi connectivity index (χ0n) is 15.7. The average Bonchev–Trinajstić information content (AvgIpc) is 2.68. The van der Waals surface area contributed by atoms with E-state index in [0.717, 1.165) is 0 Å². The van der Waals surface area contributed by atoms with E-state index in [1.807, 2.05) is 6.92 Å². The van der Waals surface area contributed by atoms with Gasteiger partial charge in [0.1, 0.15) is 5.75 Å². The Morgan fingerprint density at radius 1 is 1.04 bits per heavy atom. The van der Waals surface area contributed by atoms with Crippen molar-refractivity contribution in [1.29, 1.82) is 0 Å². The minimum absolute atomic E-state index is 0.0211. The summed E-state index contributed by atoms with van der Waals surface area (Å²) < 4.78 is 21.2. The van der Waals surface area contributed by atoms with Gasteiger partial charge < -0.3 is 24.7 Å². The molecule has 0 bridgehead atoms. The molecule has 0 atom stereocenters. The van der Waals surface area contributed by atoms with Crippen LogP contribution in [0.15, 0.2) is 35.4 Å². The molecule has 0 amide bonds. The molecule has 0 saturated carbocycles. The van der Waals surface area contributed by atoms with Gasteiger partial charge in [0.15, 0.2) is 11.5 Å². The maximum Gasteiger partial charge on any atom is 0.204 e. The highest BCUT2D eigenvalue weighted by atomic mass is 35.5. The third-order valence-corrected chi connectivity index (χ3v) is 4.05. The zero-order valence-corrected chi connectivity index (χ0v) is 16.4. The molecule has 2 aromatic rings. The van der Waals surface area contributed by atoms with Gasteiger partial charge in [-0.2, -0.15) is 0 Å². The van der Waals surface area contributed by atoms with Gasteiger partial charge in [0.2, 0.25) is 11.5 Å². The Hall–Kier alpha value is -2.86. The first-order valence-corrected chi connectivity index (χ1v) is 8.57. The summed E-state index contributed by atoms with van der Waals surface area (Å²) in [6, 6.07) is 8.29. The molecule has 0 heterocycles. The molecule has 6 nitrogen and oxygen atoms in total. The Morgan fingerprint density at radius 2 is 1.67 bits per heavy atom. The van der Waals surface area contributed by atoms with Gasteiger partial charge in [-0.05, 0) is 42.8 Å². The van der Waals surface area contributed by atoms with E-state index in [-0.39, 0.29) is 10.8 Å². The second-order valence-electron chi connectivity index (χ2n) is 5.47. The molecule has 27 heavy (non-hydrogen) atoms. The molecular formula is C20H22ClNO5. The van der Waals surface area contributed by atoms with Crippen LogP contribution in [0.3, 0.4) is 0 Å². The monoisotopic (exact) mass is 391 g/mol. The van der Waals surface area contributed by atoms with E-state index in [1.165, 1.54) is 21.3 Å². The van der Waals surface area contributed by atoms with Crippen LogP contribution in [-0.2, 0) is 0 Å². The van der Waals surface area contributed by atoms with Gasteiger partial charge in [-0.3, -0.25) is 4.79 Å². The predicted molar refractivity (Wildman–Crippen MR) is 106 cm³/mol. The highest BCUT2D eigenvalue weighted by Crippen LogP contribution is 2.39. The number of benzene rings is 2. The number of halogens is 1. The van der Waals surface area contributed by atoms with E-state index < -0.39 is 0 Å². The number of methoxy groups -OCH3 is 3. The number of anilines is 1. The van der Waals surface area contributed by atoms with Crippen LogP contribution in [-0.4, -0.2) is 33.7 Å². The SMILES string of the molecule is CCOc1ccc(C=C(Cl)C(=O)c2cc(OC)c(OC)c(OC)c2)cc1N. The molecule has 0 aliphatic carbocycles. The number of Topliss-reactive ketones (excluding diaryl/α,β-unsaturated/α-hetero) is 1. The summed E-state index contributed by atoms with van der Waals surface area (Å²) >= 11 is 6.24. The Labute approximate surface area is 163 Å². The lowest BCUT2D eigenvalue weighted by Crippen LogP contribution is -2.03. The summed E-state index contributed by atoms with van der Waals surface area (Å²) in [6.07, 6.45) is 1.54. The number of nitrogen functional groups attached to an aromatic ring is 1. The predicted octanol–water partition coefficient (Wildman–Crippen LogP) is 4.16. The van der Waals surface area contributed by atoms with Crippen LogP contribution >= 0.6 is 11.6 Å². The maximum atomic E-state index is 12.7. The van der Waals surface area contributed by atoms with Crippen LogP contribution in [0.5, 0.6) is 23.0 Å². The topological polar surface area (TPSA) is 80.0 Å². The highest BCUT2D eigenvalue weighted by Gasteiger charge is 2.19. The molecule has 0 radical (unpaired) electrons. The first-order valence-electron chi connectivity index (χ1n) is 8.19. The average molecular weight is 392 g/mol. The van der Waals surface area contributed by atoms with E-state index >= 15 is 0 Å². The van der Waals surface area contributed by atoms with Crippen LogP contribution in [0.1, 0.15) is 22.8 Å². The van der Waals surface area contributed by atoms with E-state index in [2.05, 4.69) is 0 Å². The van der Waals surface area contributed by atoms with Crippen LogP contribution in [0.25, 0.3) is 6.08 Å². The van der Waals surface area contributed by atoms with Crippen LogP contribution in [0.4, 0.5) is 5.69 Å². The second-order valence-corrected chi connectivity index (χ2v) is 5.87. The summed E-state index contributed by atoms with van der Waals surface area (Å²) in [5.41, 5.74) is 7.41. The lowest BCUT2D eigenvalue weighted by molar-refractivity contribution is 0.104. The van der Waals surface area contributed by atoms with Gasteiger partial charge in [0.25, 0.3) is 0 Å². The van der Waals surface area contributed by atoms with Crippen LogP contribution < -0.4 is 24.7 Å². The van der Waals surface area contributed by atoms with Crippen molar-refractivity contribution >= 4 is 29.1 Å². The number of nitrogens with two attached hydrogens (primary N) is 1. The first-order chi connectivity index (χ1) is 12.9. The fraction of sp³-hybridized carbons (Fsp3) is 0.250. The summed E-state index contributed by atoms with van der Waals surface area (Å²) in [5, 5.41) is 0.0211. The summed E-state index contributed by atoms with van der Waals surface area (Å²) in [7, 11) is 4.45. The lowest BCUT2D eigenvalue weighted by atomic mass is 10.1. The molecule has 0 aliphatic rings. The Bertz CT molecular complexity index is 838. The zero-order chi connectivity index (χ0) is 20.0. The van der Waals surface area contributed by atoms with Crippen molar-refractivity contribution in [2.45, 2.75) is 6.92 Å². The third-order valence-electron chi connectivity index (χ3n) is 3.77. The van der Waals surface area contributed by atoms with Crippen LogP contribution in [0.2, 0.25) is 0 Å². The standard InChI is InChI=1S/C20H22ClNO5/c1-5-27-16-7-6-12(9-15(16)22)8-14(21)19(23)13-10-17(24-2)20(26-4)18(11-13)25-3/h6-11H,5,22H2,1-4H3. The molecule has 0 saturated heterocycles. The van der Waals surface area contributed by atoms with Gasteiger partial charge >= 0.3 is 0 Å². The number of hydrogen-bond acceptors (Lipinski definition) is 6. The number of carbonyl (C=O) groups is 1. The van der Waals surface area contributed by atoms with E-state index in [0.29, 0.717) is 46.4 Å². The number of allylic oxidation sites excluding steroid dienone is 1. The molecule has 0 spiro atoms. The van der Waals surface area contributed by atoms with Crippen molar-refractivity contribution in [2.75, 3.05) is 33.7 Å². The van der Waals surface area contributed by atoms with Crippen molar-refractivity contribution < 1.29 is 23.7 Å². The molecule has 7 heteroatoms. The van der Waals surface area contributed by atoms with Gasteiger partial charge in [0, 0.05) is 5.56 Å². The molecule has 144 valence electrons. The number of ketones is 1. The Balaban J connectivity index is 2.36. The molecular weight excluding hydrogens is 370 g/mol. The van der Waals surface area contributed by atoms with E-state index in [1.54, 1.807) is 36.4 Å². The summed E-state index contributed by atoms with van der Waals surface area (Å²) in [4.78, 5) is 12.7. The molecule has 2 N–H and O–H groups in total. The Kier molecular flexibility index (Phi) is 6.96. The minimum atomic E-state index is -0.386. The van der Waals surface area contributed by atoms with Crippen molar-refractivity contribution in [3.63, 3.8) is 0 Å². The maximum absolute atomic E-state index is 12.7. The van der Waals surface area contributed by atoms with Gasteiger partial charge in [-0.1, -0.05) is 17.7 Å². The molecule has 0 unspecified atom stereocenters. The van der Waals surface area contributed by atoms with E-state index in [9.17, 15) is 4.79 Å². The van der Waals surface area contributed by atoms with Gasteiger partial charge in [-0.15, -0.1) is 0 Å². The lowest BCUT2D eigenvalue weighted by Gasteiger charge is -2.13. The number of hydrogen-bond donors (Lipinski definition) is 1. The second kappa shape index (κ2) is 9.19. The third kappa shape index (κ3) is 4.65. The smallest absolute Gasteiger partial charge is 0.204 e.